The van der Waals surface area contributed by atoms with Gasteiger partial charge in [-0.2, -0.15) is 0 Å². The van der Waals surface area contributed by atoms with Gasteiger partial charge in [0.1, 0.15) is 0 Å². The number of nitrogens with zero attached hydrogens (tertiary/aromatic N) is 2. The van der Waals surface area contributed by atoms with Crippen LogP contribution in [0.5, 0.6) is 5.75 Å². The van der Waals surface area contributed by atoms with Crippen molar-refractivity contribution in [3.63, 3.8) is 0 Å². The summed E-state index contributed by atoms with van der Waals surface area (Å²) in [6, 6.07) is 4.48. The summed E-state index contributed by atoms with van der Waals surface area (Å²) in [7, 11) is -3.68. The Kier molecular flexibility index (Phi) is 4.70. The fourth-order valence-electron chi connectivity index (χ4n) is 1.87. The van der Waals surface area contributed by atoms with Gasteiger partial charge in [-0.1, -0.05) is 30.1 Å². The molecule has 5 nitrogen and oxygen atoms in total. The fraction of sp³-hybridized carbons (Fsp3) is 0.231. The minimum absolute atomic E-state index is 0.00264. The molecule has 2 aromatic rings. The van der Waals surface area contributed by atoms with Gasteiger partial charge < -0.3 is 5.11 Å². The van der Waals surface area contributed by atoms with E-state index in [2.05, 4.69) is 16.4 Å². The topological polar surface area (TPSA) is 80.2 Å². The molecule has 0 saturated carbocycles. The van der Waals surface area contributed by atoms with E-state index in [0.29, 0.717) is 22.0 Å². The first-order chi connectivity index (χ1) is 9.85. The van der Waals surface area contributed by atoms with Gasteiger partial charge in [-0.05, 0) is 30.2 Å². The molecule has 0 fully saturated rings. The molecule has 1 N–H and O–H groups in total. The third-order valence-corrected chi connectivity index (χ3v) is 4.92. The van der Waals surface area contributed by atoms with E-state index in [4.69, 9.17) is 23.2 Å². The molecule has 0 atom stereocenters. The van der Waals surface area contributed by atoms with E-state index in [9.17, 15) is 13.5 Å². The maximum atomic E-state index is 12.3. The van der Waals surface area contributed by atoms with Gasteiger partial charge in [0.2, 0.25) is 0 Å². The van der Waals surface area contributed by atoms with Crippen LogP contribution >= 0.6 is 23.2 Å². The normalized spacial score (nSPS) is 11.6. The van der Waals surface area contributed by atoms with E-state index in [-0.39, 0.29) is 16.3 Å². The van der Waals surface area contributed by atoms with Gasteiger partial charge in [-0.15, -0.1) is 10.2 Å². The maximum Gasteiger partial charge on any atom is 0.198 e. The molecule has 1 aromatic heterocycles. The highest BCUT2D eigenvalue weighted by molar-refractivity contribution is 7.91. The van der Waals surface area contributed by atoms with E-state index in [1.165, 1.54) is 18.2 Å². The van der Waals surface area contributed by atoms with Crippen LogP contribution in [0.2, 0.25) is 10.0 Å². The number of rotatable bonds is 4. The zero-order valence-electron chi connectivity index (χ0n) is 11.0. The Labute approximate surface area is 132 Å². The number of sulfone groups is 1. The summed E-state index contributed by atoms with van der Waals surface area (Å²) in [5.41, 5.74) is 0.341. The monoisotopic (exact) mass is 345 g/mol. The number of aromatic hydroxyl groups is 1. The predicted octanol–water partition coefficient (Wildman–Crippen LogP) is 3.14. The molecule has 1 radical (unpaired) electrons. The highest BCUT2D eigenvalue weighted by atomic mass is 35.5. The van der Waals surface area contributed by atoms with Crippen LogP contribution in [-0.4, -0.2) is 29.5 Å². The van der Waals surface area contributed by atoms with Crippen LogP contribution in [0.25, 0.3) is 11.1 Å². The molecular formula is C13H11Cl2N2O3S. The molecular weight excluding hydrogens is 335 g/mol. The lowest BCUT2D eigenvalue weighted by atomic mass is 10.1. The molecule has 0 aliphatic heterocycles. The number of hydrogen-bond acceptors (Lipinski definition) is 5. The molecule has 0 bridgehead atoms. The standard InChI is InChI=1S/C13H11Cl2N2O3S/c1-2-3-21(19,20)13-12(11(18)7-16-17-13)8-4-9(14)6-10(15)5-8/h4-6H,2-3H2,1H3,(H,17,18). The first-order valence-corrected chi connectivity index (χ1v) is 8.42. The first kappa shape index (κ1) is 16.0. The molecule has 8 heteroatoms. The third-order valence-electron chi connectivity index (χ3n) is 2.67. The van der Waals surface area contributed by atoms with Crippen molar-refractivity contribution < 1.29 is 13.5 Å². The highest BCUT2D eigenvalue weighted by Crippen LogP contribution is 2.36. The lowest BCUT2D eigenvalue weighted by Gasteiger charge is -2.10. The summed E-state index contributed by atoms with van der Waals surface area (Å²) in [6.07, 6.45) is 2.65. The van der Waals surface area contributed by atoms with E-state index >= 15 is 0 Å². The minimum Gasteiger partial charge on any atom is -0.505 e. The van der Waals surface area contributed by atoms with Gasteiger partial charge in [0, 0.05) is 10.0 Å². The molecule has 0 spiro atoms. The van der Waals surface area contributed by atoms with E-state index in [1.807, 2.05) is 0 Å². The SMILES string of the molecule is CCCS(=O)(=O)c1nn[c]c(O)c1-c1cc(Cl)cc(Cl)c1. The van der Waals surface area contributed by atoms with Crippen LogP contribution in [-0.2, 0) is 9.84 Å². The predicted molar refractivity (Wildman–Crippen MR) is 80.3 cm³/mol. The number of halogens is 2. The van der Waals surface area contributed by atoms with Crippen molar-refractivity contribution in [1.82, 2.24) is 10.2 Å². The smallest absolute Gasteiger partial charge is 0.198 e. The average molecular weight is 346 g/mol. The van der Waals surface area contributed by atoms with Crippen LogP contribution in [0.1, 0.15) is 13.3 Å². The number of aromatic nitrogens is 2. The molecule has 1 aromatic carbocycles. The molecule has 21 heavy (non-hydrogen) atoms. The zero-order chi connectivity index (χ0) is 15.6. The molecule has 0 saturated heterocycles. The Bertz CT molecular complexity index is 759. The molecule has 2 rings (SSSR count). The lowest BCUT2D eigenvalue weighted by Crippen LogP contribution is -2.11. The molecule has 0 aliphatic carbocycles. The lowest BCUT2D eigenvalue weighted by molar-refractivity contribution is 0.467. The van der Waals surface area contributed by atoms with Gasteiger partial charge in [0.25, 0.3) is 0 Å². The van der Waals surface area contributed by atoms with Crippen molar-refractivity contribution in [3.05, 3.63) is 34.4 Å². The summed E-state index contributed by atoms with van der Waals surface area (Å²) >= 11 is 11.8. The van der Waals surface area contributed by atoms with Crippen LogP contribution in [0, 0.1) is 6.20 Å². The van der Waals surface area contributed by atoms with Crippen molar-refractivity contribution in [2.24, 2.45) is 0 Å². The second kappa shape index (κ2) is 6.17. The summed E-state index contributed by atoms with van der Waals surface area (Å²) in [6.45, 7) is 1.73. The Morgan fingerprint density at radius 3 is 2.43 bits per heavy atom. The zero-order valence-corrected chi connectivity index (χ0v) is 13.3. The Morgan fingerprint density at radius 1 is 1.24 bits per heavy atom. The molecule has 1 heterocycles. The molecule has 111 valence electrons. The average Bonchev–Trinajstić information content (AvgIpc) is 2.37. The van der Waals surface area contributed by atoms with Crippen LogP contribution < -0.4 is 0 Å². The quantitative estimate of drug-likeness (QED) is 0.920. The number of benzene rings is 1. The Hall–Kier alpha value is -1.37. The van der Waals surface area contributed by atoms with Gasteiger partial charge in [-0.25, -0.2) is 8.42 Å². The molecule has 0 unspecified atom stereocenters. The van der Waals surface area contributed by atoms with E-state index < -0.39 is 15.6 Å². The largest absolute Gasteiger partial charge is 0.505 e. The van der Waals surface area contributed by atoms with E-state index in [0.717, 1.165) is 0 Å². The van der Waals surface area contributed by atoms with E-state index in [1.54, 1.807) is 6.92 Å². The van der Waals surface area contributed by atoms with Crippen molar-refractivity contribution in [2.45, 2.75) is 18.4 Å². The van der Waals surface area contributed by atoms with Crippen molar-refractivity contribution >= 4 is 33.0 Å². The summed E-state index contributed by atoms with van der Waals surface area (Å²) < 4.78 is 24.5. The summed E-state index contributed by atoms with van der Waals surface area (Å²) in [5.74, 6) is -0.523. The second-order valence-electron chi connectivity index (χ2n) is 4.32. The Morgan fingerprint density at radius 2 is 1.86 bits per heavy atom. The molecule has 0 amide bonds. The van der Waals surface area contributed by atoms with Crippen LogP contribution in [0.15, 0.2) is 23.2 Å². The van der Waals surface area contributed by atoms with Crippen LogP contribution in [0.4, 0.5) is 0 Å². The third kappa shape index (κ3) is 3.45. The number of hydrogen-bond donors (Lipinski definition) is 1. The summed E-state index contributed by atoms with van der Waals surface area (Å²) in [5, 5.41) is 17.3. The highest BCUT2D eigenvalue weighted by Gasteiger charge is 2.24. The van der Waals surface area contributed by atoms with Crippen molar-refractivity contribution in [2.75, 3.05) is 5.75 Å². The van der Waals surface area contributed by atoms with Gasteiger partial charge >= 0.3 is 0 Å². The van der Waals surface area contributed by atoms with Gasteiger partial charge in [-0.3, -0.25) is 0 Å². The summed E-state index contributed by atoms with van der Waals surface area (Å²) in [4.78, 5) is 0. The van der Waals surface area contributed by atoms with Crippen LogP contribution in [0.3, 0.4) is 0 Å². The Balaban J connectivity index is 2.74. The fourth-order valence-corrected chi connectivity index (χ4v) is 3.81. The van der Waals surface area contributed by atoms with Gasteiger partial charge in [0.05, 0.1) is 11.3 Å². The van der Waals surface area contributed by atoms with Crippen molar-refractivity contribution in [3.8, 4) is 16.9 Å². The maximum absolute atomic E-state index is 12.3. The van der Waals surface area contributed by atoms with Gasteiger partial charge in [0.15, 0.2) is 26.8 Å². The minimum atomic E-state index is -3.68. The second-order valence-corrected chi connectivity index (χ2v) is 7.21. The van der Waals surface area contributed by atoms with Crippen molar-refractivity contribution in [1.29, 1.82) is 0 Å². The first-order valence-electron chi connectivity index (χ1n) is 6.01. The molecule has 0 aliphatic rings.